The normalized spacial score (nSPS) is 28.0. The Labute approximate surface area is 112 Å². The summed E-state index contributed by atoms with van der Waals surface area (Å²) in [5.41, 5.74) is 9.33. The van der Waals surface area contributed by atoms with E-state index in [1.54, 1.807) is 19.1 Å². The highest BCUT2D eigenvalue weighted by Crippen LogP contribution is 2.41. The second kappa shape index (κ2) is 5.16. The summed E-state index contributed by atoms with van der Waals surface area (Å²) < 4.78 is 22.8. The summed E-state index contributed by atoms with van der Waals surface area (Å²) in [6.45, 7) is 1.57. The van der Waals surface area contributed by atoms with Crippen molar-refractivity contribution in [2.75, 3.05) is 12.0 Å². The number of hydrogen-bond donors (Lipinski definition) is 2. The Hall–Kier alpha value is -1.63. The van der Waals surface area contributed by atoms with Crippen molar-refractivity contribution in [3.63, 3.8) is 0 Å². The molecule has 3 atom stereocenters. The Balaban J connectivity index is 3.31. The van der Waals surface area contributed by atoms with Gasteiger partial charge in [0.25, 0.3) is 0 Å². The summed E-state index contributed by atoms with van der Waals surface area (Å²) >= 11 is 0. The molecule has 106 valence electrons. The van der Waals surface area contributed by atoms with Gasteiger partial charge in [-0.2, -0.15) is 0 Å². The predicted molar refractivity (Wildman–Crippen MR) is 71.5 cm³/mol. The molecule has 0 fully saturated rings. The van der Waals surface area contributed by atoms with Crippen LogP contribution in [0.5, 0.6) is 0 Å². The standard InChI is InChI=1S/C12H18N2O4S/c1-8(7-19(2,17)18)12(11(14)16)6-4-3-5-9(12)10(13)15/h3-6,8-9H,7H2,1-2H3,(H2,13,15)(H2,14,16)/t8-,9?,12?/m1/s1. The Morgan fingerprint density at radius 3 is 2.32 bits per heavy atom. The zero-order valence-corrected chi connectivity index (χ0v) is 11.7. The number of allylic oxidation sites excluding steroid dienone is 2. The van der Waals surface area contributed by atoms with E-state index < -0.39 is 38.9 Å². The minimum absolute atomic E-state index is 0.252. The maximum absolute atomic E-state index is 11.9. The first-order valence-corrected chi connectivity index (χ1v) is 7.80. The summed E-state index contributed by atoms with van der Waals surface area (Å²) in [6.07, 6.45) is 7.18. The van der Waals surface area contributed by atoms with E-state index in [1.165, 1.54) is 12.2 Å². The van der Waals surface area contributed by atoms with E-state index in [0.29, 0.717) is 0 Å². The lowest BCUT2D eigenvalue weighted by Crippen LogP contribution is -2.52. The molecule has 0 saturated heterocycles. The zero-order valence-electron chi connectivity index (χ0n) is 10.9. The van der Waals surface area contributed by atoms with Crippen molar-refractivity contribution in [3.05, 3.63) is 24.3 Å². The molecule has 0 aromatic carbocycles. The van der Waals surface area contributed by atoms with Gasteiger partial charge in [0.05, 0.1) is 17.1 Å². The first kappa shape index (κ1) is 15.4. The zero-order chi connectivity index (χ0) is 14.8. The third-order valence-corrected chi connectivity index (χ3v) is 4.51. The number of hydrogen-bond acceptors (Lipinski definition) is 4. The van der Waals surface area contributed by atoms with Crippen LogP contribution in [0.15, 0.2) is 24.3 Å². The molecule has 1 aliphatic rings. The number of sulfone groups is 1. The summed E-state index contributed by atoms with van der Waals surface area (Å²) in [6, 6.07) is 0. The molecule has 6 nitrogen and oxygen atoms in total. The summed E-state index contributed by atoms with van der Waals surface area (Å²) in [5, 5.41) is 0. The Morgan fingerprint density at radius 2 is 1.89 bits per heavy atom. The van der Waals surface area contributed by atoms with Gasteiger partial charge >= 0.3 is 0 Å². The van der Waals surface area contributed by atoms with Crippen molar-refractivity contribution < 1.29 is 18.0 Å². The van der Waals surface area contributed by atoms with Crippen molar-refractivity contribution in [3.8, 4) is 0 Å². The number of amides is 2. The van der Waals surface area contributed by atoms with Crippen LogP contribution >= 0.6 is 0 Å². The van der Waals surface area contributed by atoms with Crippen molar-refractivity contribution in [2.24, 2.45) is 28.7 Å². The first-order chi connectivity index (χ1) is 8.61. The number of carbonyl (C=O) groups excluding carboxylic acids is 2. The maximum Gasteiger partial charge on any atom is 0.228 e. The highest BCUT2D eigenvalue weighted by atomic mass is 32.2. The molecular weight excluding hydrogens is 268 g/mol. The third-order valence-electron chi connectivity index (χ3n) is 3.40. The third kappa shape index (κ3) is 3.04. The van der Waals surface area contributed by atoms with Gasteiger partial charge in [-0.3, -0.25) is 9.59 Å². The summed E-state index contributed by atoms with van der Waals surface area (Å²) in [7, 11) is -3.31. The van der Waals surface area contributed by atoms with Crippen LogP contribution < -0.4 is 11.5 Å². The highest BCUT2D eigenvalue weighted by molar-refractivity contribution is 7.90. The van der Waals surface area contributed by atoms with Gasteiger partial charge < -0.3 is 11.5 Å². The van der Waals surface area contributed by atoms with Crippen molar-refractivity contribution in [2.45, 2.75) is 6.92 Å². The lowest BCUT2D eigenvalue weighted by atomic mass is 9.65. The van der Waals surface area contributed by atoms with Gasteiger partial charge in [-0.25, -0.2) is 8.42 Å². The van der Waals surface area contributed by atoms with Gasteiger partial charge in [0.2, 0.25) is 11.8 Å². The van der Waals surface area contributed by atoms with E-state index in [0.717, 1.165) is 6.26 Å². The van der Waals surface area contributed by atoms with E-state index >= 15 is 0 Å². The fraction of sp³-hybridized carbons (Fsp3) is 0.500. The lowest BCUT2D eigenvalue weighted by Gasteiger charge is -2.38. The van der Waals surface area contributed by atoms with Crippen LogP contribution in [0.3, 0.4) is 0 Å². The molecule has 0 spiro atoms. The number of rotatable bonds is 5. The summed E-state index contributed by atoms with van der Waals surface area (Å²) in [5.74, 6) is -3.31. The average molecular weight is 286 g/mol. The predicted octanol–water partition coefficient (Wildman–Crippen LogP) is -0.634. The van der Waals surface area contributed by atoms with Crippen LogP contribution in [-0.4, -0.2) is 32.2 Å². The van der Waals surface area contributed by atoms with Crippen LogP contribution in [0.25, 0.3) is 0 Å². The largest absolute Gasteiger partial charge is 0.369 e. The fourth-order valence-electron chi connectivity index (χ4n) is 2.52. The molecule has 0 aliphatic heterocycles. The van der Waals surface area contributed by atoms with E-state index in [1.807, 2.05) is 0 Å². The molecule has 2 unspecified atom stereocenters. The summed E-state index contributed by atoms with van der Waals surface area (Å²) in [4.78, 5) is 23.4. The first-order valence-electron chi connectivity index (χ1n) is 5.74. The molecule has 0 aromatic rings. The molecule has 7 heteroatoms. The SMILES string of the molecule is C[C@H](CS(C)(=O)=O)C1(C(N)=O)C=CC=CC1C(N)=O. The van der Waals surface area contributed by atoms with Crippen LogP contribution in [-0.2, 0) is 19.4 Å². The monoisotopic (exact) mass is 286 g/mol. The smallest absolute Gasteiger partial charge is 0.228 e. The molecule has 0 saturated carbocycles. The van der Waals surface area contributed by atoms with Gasteiger partial charge in [-0.1, -0.05) is 31.2 Å². The van der Waals surface area contributed by atoms with Crippen molar-refractivity contribution in [1.82, 2.24) is 0 Å². The average Bonchev–Trinajstić information content (AvgIpc) is 2.25. The minimum atomic E-state index is -3.31. The van der Waals surface area contributed by atoms with Crippen LogP contribution in [0, 0.1) is 17.3 Å². The van der Waals surface area contributed by atoms with Crippen molar-refractivity contribution >= 4 is 21.7 Å². The second-order valence-corrected chi connectivity index (χ2v) is 7.10. The number of carbonyl (C=O) groups is 2. The fourth-order valence-corrected chi connectivity index (χ4v) is 3.71. The van der Waals surface area contributed by atoms with Gasteiger partial charge in [-0.05, 0) is 5.92 Å². The van der Waals surface area contributed by atoms with Gasteiger partial charge in [0.1, 0.15) is 9.84 Å². The van der Waals surface area contributed by atoms with E-state index in [-0.39, 0.29) is 5.75 Å². The van der Waals surface area contributed by atoms with Crippen LogP contribution in [0.4, 0.5) is 0 Å². The second-order valence-electron chi connectivity index (χ2n) is 4.91. The maximum atomic E-state index is 11.9. The molecule has 19 heavy (non-hydrogen) atoms. The molecule has 4 N–H and O–H groups in total. The van der Waals surface area contributed by atoms with E-state index in [4.69, 9.17) is 11.5 Å². The molecule has 1 rings (SSSR count). The molecule has 1 aliphatic carbocycles. The van der Waals surface area contributed by atoms with Gasteiger partial charge in [0.15, 0.2) is 0 Å². The molecule has 2 amide bonds. The van der Waals surface area contributed by atoms with Crippen LogP contribution in [0.1, 0.15) is 6.92 Å². The number of primary amides is 2. The lowest BCUT2D eigenvalue weighted by molar-refractivity contribution is -0.136. The van der Waals surface area contributed by atoms with Gasteiger partial charge in [-0.15, -0.1) is 0 Å². The Kier molecular flexibility index (Phi) is 4.19. The Morgan fingerprint density at radius 1 is 1.32 bits per heavy atom. The van der Waals surface area contributed by atoms with Crippen LogP contribution in [0.2, 0.25) is 0 Å². The molecular formula is C12H18N2O4S. The minimum Gasteiger partial charge on any atom is -0.369 e. The van der Waals surface area contributed by atoms with E-state index in [2.05, 4.69) is 0 Å². The quantitative estimate of drug-likeness (QED) is 0.698. The number of nitrogens with two attached hydrogens (primary N) is 2. The molecule has 0 aromatic heterocycles. The highest BCUT2D eigenvalue weighted by Gasteiger charge is 2.49. The molecule has 0 bridgehead atoms. The van der Waals surface area contributed by atoms with E-state index in [9.17, 15) is 18.0 Å². The Bertz CT molecular complexity index is 550. The molecule has 0 radical (unpaired) electrons. The van der Waals surface area contributed by atoms with Gasteiger partial charge in [0, 0.05) is 6.26 Å². The molecule has 0 heterocycles. The topological polar surface area (TPSA) is 120 Å². The van der Waals surface area contributed by atoms with Crippen molar-refractivity contribution in [1.29, 1.82) is 0 Å².